The Morgan fingerprint density at radius 1 is 1.36 bits per heavy atom. The van der Waals surface area contributed by atoms with E-state index in [9.17, 15) is 4.79 Å². The van der Waals surface area contributed by atoms with Gasteiger partial charge >= 0.3 is 6.09 Å². The third kappa shape index (κ3) is 4.66. The van der Waals surface area contributed by atoms with Gasteiger partial charge in [0.15, 0.2) is 0 Å². The molecule has 1 fully saturated rings. The van der Waals surface area contributed by atoms with Gasteiger partial charge < -0.3 is 15.0 Å². The summed E-state index contributed by atoms with van der Waals surface area (Å²) in [5, 5.41) is 12.2. The zero-order valence-electron chi connectivity index (χ0n) is 13.4. The summed E-state index contributed by atoms with van der Waals surface area (Å²) in [5.74, 6) is 0. The van der Waals surface area contributed by atoms with Crippen molar-refractivity contribution < 1.29 is 9.53 Å². The summed E-state index contributed by atoms with van der Waals surface area (Å²) in [7, 11) is 0. The van der Waals surface area contributed by atoms with Crippen molar-refractivity contribution in [1.82, 2.24) is 4.90 Å². The van der Waals surface area contributed by atoms with Crippen LogP contribution in [-0.4, -0.2) is 35.7 Å². The summed E-state index contributed by atoms with van der Waals surface area (Å²) in [6, 6.07) is 9.67. The van der Waals surface area contributed by atoms with Gasteiger partial charge in [-0.05, 0) is 57.9 Å². The first kappa shape index (κ1) is 16.2. The average Bonchev–Trinajstić information content (AvgIpc) is 2.46. The number of rotatable bonds is 2. The highest BCUT2D eigenvalue weighted by Crippen LogP contribution is 2.19. The molecule has 1 heterocycles. The number of anilines is 1. The van der Waals surface area contributed by atoms with Gasteiger partial charge in [-0.1, -0.05) is 0 Å². The van der Waals surface area contributed by atoms with E-state index >= 15 is 0 Å². The Kier molecular flexibility index (Phi) is 4.92. The number of nitrogens with zero attached hydrogens (tertiary/aromatic N) is 2. The standard InChI is InChI=1S/C17H23N3O2/c1-17(2,3)22-16(21)20-10-4-5-15(12-20)19-14-8-6-13(11-18)7-9-14/h6-9,15,19H,4-5,10,12H2,1-3H3. The van der Waals surface area contributed by atoms with Crippen LogP contribution in [0, 0.1) is 11.3 Å². The molecule has 0 aromatic heterocycles. The zero-order chi connectivity index (χ0) is 16.2. The lowest BCUT2D eigenvalue weighted by atomic mass is 10.1. The number of carbonyl (C=O) groups excluding carboxylic acids is 1. The first-order chi connectivity index (χ1) is 10.4. The molecule has 1 aliphatic rings. The number of benzene rings is 1. The molecule has 0 saturated carbocycles. The van der Waals surface area contributed by atoms with Crippen molar-refractivity contribution in [1.29, 1.82) is 5.26 Å². The highest BCUT2D eigenvalue weighted by molar-refractivity contribution is 5.68. The number of nitriles is 1. The molecule has 1 aromatic rings. The normalized spacial score (nSPS) is 18.5. The van der Waals surface area contributed by atoms with Crippen molar-refractivity contribution in [3.05, 3.63) is 29.8 Å². The molecule has 5 heteroatoms. The van der Waals surface area contributed by atoms with Gasteiger partial charge in [0.1, 0.15) is 5.60 Å². The number of likely N-dealkylation sites (tertiary alicyclic amines) is 1. The van der Waals surface area contributed by atoms with Gasteiger partial charge in [0.05, 0.1) is 11.6 Å². The van der Waals surface area contributed by atoms with Gasteiger partial charge in [0, 0.05) is 24.8 Å². The fourth-order valence-corrected chi connectivity index (χ4v) is 2.46. The van der Waals surface area contributed by atoms with Crippen LogP contribution < -0.4 is 5.32 Å². The lowest BCUT2D eigenvalue weighted by Gasteiger charge is -2.34. The van der Waals surface area contributed by atoms with Crippen molar-refractivity contribution in [2.75, 3.05) is 18.4 Å². The molecule has 1 aromatic carbocycles. The third-order valence-electron chi connectivity index (χ3n) is 3.46. The molecule has 1 N–H and O–H groups in total. The van der Waals surface area contributed by atoms with Crippen molar-refractivity contribution in [2.45, 2.75) is 45.3 Å². The molecule has 0 radical (unpaired) electrons. The summed E-state index contributed by atoms with van der Waals surface area (Å²) in [4.78, 5) is 13.9. The second kappa shape index (κ2) is 6.69. The molecule has 0 aliphatic carbocycles. The van der Waals surface area contributed by atoms with Gasteiger partial charge in [-0.25, -0.2) is 4.79 Å². The van der Waals surface area contributed by atoms with E-state index in [-0.39, 0.29) is 12.1 Å². The molecular formula is C17H23N3O2. The van der Waals surface area contributed by atoms with Crippen molar-refractivity contribution >= 4 is 11.8 Å². The van der Waals surface area contributed by atoms with E-state index in [0.29, 0.717) is 12.1 Å². The molecule has 1 aliphatic heterocycles. The Balaban J connectivity index is 1.92. The topological polar surface area (TPSA) is 65.4 Å². The fraction of sp³-hybridized carbons (Fsp3) is 0.529. The molecule has 1 saturated heterocycles. The van der Waals surface area contributed by atoms with E-state index in [0.717, 1.165) is 25.1 Å². The SMILES string of the molecule is CC(C)(C)OC(=O)N1CCCC(Nc2ccc(C#N)cc2)C1. The number of hydrogen-bond donors (Lipinski definition) is 1. The number of amides is 1. The predicted octanol–water partition coefficient (Wildman–Crippen LogP) is 3.37. The molecule has 1 amide bonds. The molecule has 5 nitrogen and oxygen atoms in total. The maximum atomic E-state index is 12.1. The summed E-state index contributed by atoms with van der Waals surface area (Å²) in [6.07, 6.45) is 1.71. The van der Waals surface area contributed by atoms with Crippen LogP contribution in [0.3, 0.4) is 0 Å². The smallest absolute Gasteiger partial charge is 0.410 e. The Bertz CT molecular complexity index is 555. The quantitative estimate of drug-likeness (QED) is 0.909. The monoisotopic (exact) mass is 301 g/mol. The van der Waals surface area contributed by atoms with Gasteiger partial charge in [-0.2, -0.15) is 5.26 Å². The zero-order valence-corrected chi connectivity index (χ0v) is 13.4. The maximum absolute atomic E-state index is 12.1. The van der Waals surface area contributed by atoms with Crippen LogP contribution >= 0.6 is 0 Å². The van der Waals surface area contributed by atoms with Gasteiger partial charge in [-0.15, -0.1) is 0 Å². The number of nitrogens with one attached hydrogen (secondary N) is 1. The lowest BCUT2D eigenvalue weighted by Crippen LogP contribution is -2.46. The molecule has 118 valence electrons. The van der Waals surface area contributed by atoms with Gasteiger partial charge in [0.2, 0.25) is 0 Å². The molecule has 0 spiro atoms. The Hall–Kier alpha value is -2.22. The average molecular weight is 301 g/mol. The Morgan fingerprint density at radius 3 is 2.64 bits per heavy atom. The van der Waals surface area contributed by atoms with Crippen LogP contribution in [-0.2, 0) is 4.74 Å². The van der Waals surface area contributed by atoms with Crippen LogP contribution in [0.2, 0.25) is 0 Å². The lowest BCUT2D eigenvalue weighted by molar-refractivity contribution is 0.0206. The molecule has 1 unspecified atom stereocenters. The second-order valence-corrected chi connectivity index (χ2v) is 6.60. The molecule has 22 heavy (non-hydrogen) atoms. The minimum atomic E-state index is -0.468. The van der Waals surface area contributed by atoms with Crippen LogP contribution in [0.1, 0.15) is 39.2 Å². The summed E-state index contributed by atoms with van der Waals surface area (Å²) < 4.78 is 5.43. The van der Waals surface area contributed by atoms with Crippen LogP contribution in [0.15, 0.2) is 24.3 Å². The Labute approximate surface area is 131 Å². The summed E-state index contributed by atoms with van der Waals surface area (Å²) in [5.41, 5.74) is 1.14. The highest BCUT2D eigenvalue weighted by Gasteiger charge is 2.27. The van der Waals surface area contributed by atoms with Crippen molar-refractivity contribution in [3.63, 3.8) is 0 Å². The highest BCUT2D eigenvalue weighted by atomic mass is 16.6. The first-order valence-electron chi connectivity index (χ1n) is 7.62. The Morgan fingerprint density at radius 2 is 2.05 bits per heavy atom. The van der Waals surface area contributed by atoms with Gasteiger partial charge in [-0.3, -0.25) is 0 Å². The summed E-state index contributed by atoms with van der Waals surface area (Å²) in [6.45, 7) is 7.00. The van der Waals surface area contributed by atoms with E-state index in [2.05, 4.69) is 11.4 Å². The number of hydrogen-bond acceptors (Lipinski definition) is 4. The minimum Gasteiger partial charge on any atom is -0.444 e. The van der Waals surface area contributed by atoms with E-state index < -0.39 is 5.60 Å². The van der Waals surface area contributed by atoms with Crippen LogP contribution in [0.4, 0.5) is 10.5 Å². The van der Waals surface area contributed by atoms with Gasteiger partial charge in [0.25, 0.3) is 0 Å². The third-order valence-corrected chi connectivity index (χ3v) is 3.46. The van der Waals surface area contributed by atoms with Crippen molar-refractivity contribution in [3.8, 4) is 6.07 Å². The predicted molar refractivity (Wildman–Crippen MR) is 85.6 cm³/mol. The fourth-order valence-electron chi connectivity index (χ4n) is 2.46. The van der Waals surface area contributed by atoms with E-state index in [1.807, 2.05) is 32.9 Å². The summed E-state index contributed by atoms with van der Waals surface area (Å²) >= 11 is 0. The second-order valence-electron chi connectivity index (χ2n) is 6.60. The molecule has 2 rings (SSSR count). The number of carbonyl (C=O) groups is 1. The molecule has 1 atom stereocenters. The number of ether oxygens (including phenoxy) is 1. The molecule has 0 bridgehead atoms. The van der Waals surface area contributed by atoms with Crippen molar-refractivity contribution in [2.24, 2.45) is 0 Å². The largest absolute Gasteiger partial charge is 0.444 e. The molecular weight excluding hydrogens is 278 g/mol. The number of piperidine rings is 1. The van der Waals surface area contributed by atoms with E-state index in [1.165, 1.54) is 0 Å². The van der Waals surface area contributed by atoms with Crippen LogP contribution in [0.5, 0.6) is 0 Å². The first-order valence-corrected chi connectivity index (χ1v) is 7.62. The minimum absolute atomic E-state index is 0.203. The van der Waals surface area contributed by atoms with E-state index in [4.69, 9.17) is 10.00 Å². The van der Waals surface area contributed by atoms with E-state index in [1.54, 1.807) is 17.0 Å². The maximum Gasteiger partial charge on any atom is 0.410 e. The van der Waals surface area contributed by atoms with Crippen LogP contribution in [0.25, 0.3) is 0 Å².